The molecule has 7 heteroatoms. The van der Waals surface area contributed by atoms with Crippen molar-refractivity contribution in [1.29, 1.82) is 0 Å². The van der Waals surface area contributed by atoms with Gasteiger partial charge >= 0.3 is 0 Å². The van der Waals surface area contributed by atoms with Crippen LogP contribution in [0.3, 0.4) is 0 Å². The highest BCUT2D eigenvalue weighted by atomic mass is 16.5. The van der Waals surface area contributed by atoms with E-state index < -0.39 is 0 Å². The van der Waals surface area contributed by atoms with Crippen LogP contribution in [0.25, 0.3) is 0 Å². The Labute approximate surface area is 152 Å². The van der Waals surface area contributed by atoms with Gasteiger partial charge in [0.15, 0.2) is 0 Å². The number of ether oxygens (including phenoxy) is 2. The van der Waals surface area contributed by atoms with Crippen LogP contribution in [-0.4, -0.2) is 54.7 Å². The molecule has 1 saturated heterocycles. The van der Waals surface area contributed by atoms with Crippen LogP contribution in [0.5, 0.6) is 5.75 Å². The zero-order valence-corrected chi connectivity index (χ0v) is 14.8. The summed E-state index contributed by atoms with van der Waals surface area (Å²) in [5.41, 5.74) is 1.03. The third-order valence-electron chi connectivity index (χ3n) is 4.28. The fourth-order valence-electron chi connectivity index (χ4n) is 2.85. The van der Waals surface area contributed by atoms with E-state index in [1.807, 2.05) is 29.1 Å². The van der Waals surface area contributed by atoms with E-state index in [0.29, 0.717) is 56.3 Å². The molecule has 1 fully saturated rings. The number of anilines is 1. The number of aryl methyl sites for hydroxylation is 1. The lowest BCUT2D eigenvalue weighted by Crippen LogP contribution is -2.40. The lowest BCUT2D eigenvalue weighted by Gasteiger charge is -2.27. The van der Waals surface area contributed by atoms with Crippen molar-refractivity contribution < 1.29 is 19.1 Å². The molecule has 2 heterocycles. The molecule has 0 bridgehead atoms. The summed E-state index contributed by atoms with van der Waals surface area (Å²) in [7, 11) is 1.54. The van der Waals surface area contributed by atoms with Gasteiger partial charge in [-0.05, 0) is 30.3 Å². The van der Waals surface area contributed by atoms with Crippen molar-refractivity contribution in [2.45, 2.75) is 13.0 Å². The largest absolute Gasteiger partial charge is 0.495 e. The minimum absolute atomic E-state index is 0.0706. The highest BCUT2D eigenvalue weighted by molar-refractivity contribution is 5.98. The first-order valence-electron chi connectivity index (χ1n) is 8.63. The summed E-state index contributed by atoms with van der Waals surface area (Å²) in [4.78, 5) is 26.7. The third-order valence-corrected chi connectivity index (χ3v) is 4.28. The molecule has 2 amide bonds. The van der Waals surface area contributed by atoms with E-state index in [4.69, 9.17) is 9.47 Å². The lowest BCUT2D eigenvalue weighted by molar-refractivity contribution is -0.116. The van der Waals surface area contributed by atoms with Crippen LogP contribution in [-0.2, 0) is 16.1 Å². The average molecular weight is 357 g/mol. The van der Waals surface area contributed by atoms with Crippen molar-refractivity contribution in [2.75, 3.05) is 38.7 Å². The topological polar surface area (TPSA) is 72.8 Å². The lowest BCUT2D eigenvalue weighted by atomic mass is 10.1. The molecule has 26 heavy (non-hydrogen) atoms. The van der Waals surface area contributed by atoms with E-state index >= 15 is 0 Å². The van der Waals surface area contributed by atoms with Crippen molar-refractivity contribution in [3.8, 4) is 5.75 Å². The predicted molar refractivity (Wildman–Crippen MR) is 97.4 cm³/mol. The molecule has 0 saturated carbocycles. The number of benzene rings is 1. The third kappa shape index (κ3) is 4.43. The normalized spacial score (nSPS) is 14.1. The van der Waals surface area contributed by atoms with E-state index in [0.717, 1.165) is 0 Å². The highest BCUT2D eigenvalue weighted by Crippen LogP contribution is 2.26. The predicted octanol–water partition coefficient (Wildman–Crippen LogP) is 2.00. The summed E-state index contributed by atoms with van der Waals surface area (Å²) in [6, 6.07) is 8.93. The maximum atomic E-state index is 12.6. The maximum absolute atomic E-state index is 12.6. The molecule has 0 radical (unpaired) electrons. The number of hydrogen-bond donors (Lipinski definition) is 1. The van der Waals surface area contributed by atoms with E-state index in [2.05, 4.69) is 5.32 Å². The molecule has 7 nitrogen and oxygen atoms in total. The molecule has 0 unspecified atom stereocenters. The maximum Gasteiger partial charge on any atom is 0.254 e. The van der Waals surface area contributed by atoms with E-state index in [9.17, 15) is 9.59 Å². The van der Waals surface area contributed by atoms with Crippen LogP contribution in [0, 0.1) is 0 Å². The number of methoxy groups -OCH3 is 1. The first kappa shape index (κ1) is 18.0. The van der Waals surface area contributed by atoms with Gasteiger partial charge in [-0.1, -0.05) is 0 Å². The van der Waals surface area contributed by atoms with Gasteiger partial charge in [0.05, 0.1) is 26.0 Å². The molecule has 0 aliphatic carbocycles. The Kier molecular flexibility index (Phi) is 5.91. The Balaban J connectivity index is 1.68. The Morgan fingerprint density at radius 3 is 2.62 bits per heavy atom. The van der Waals surface area contributed by atoms with Crippen molar-refractivity contribution in [3.63, 3.8) is 0 Å². The first-order chi connectivity index (χ1) is 12.7. The number of carbonyl (C=O) groups is 2. The number of morpholine rings is 1. The number of carbonyl (C=O) groups excluding carboxylic acids is 2. The molecular formula is C19H23N3O4. The van der Waals surface area contributed by atoms with Gasteiger partial charge < -0.3 is 24.3 Å². The van der Waals surface area contributed by atoms with Crippen LogP contribution in [0.15, 0.2) is 42.7 Å². The van der Waals surface area contributed by atoms with Gasteiger partial charge in [-0.3, -0.25) is 9.59 Å². The van der Waals surface area contributed by atoms with Gasteiger partial charge in [0.1, 0.15) is 5.75 Å². The molecule has 1 aliphatic rings. The van der Waals surface area contributed by atoms with Crippen LogP contribution < -0.4 is 10.1 Å². The number of nitrogens with zero attached hydrogens (tertiary/aromatic N) is 2. The Morgan fingerprint density at radius 2 is 1.92 bits per heavy atom. The molecule has 0 spiro atoms. The van der Waals surface area contributed by atoms with E-state index in [1.165, 1.54) is 7.11 Å². The van der Waals surface area contributed by atoms with E-state index in [-0.39, 0.29) is 11.8 Å². The van der Waals surface area contributed by atoms with Gasteiger partial charge in [0, 0.05) is 44.0 Å². The van der Waals surface area contributed by atoms with Gasteiger partial charge in [0.2, 0.25) is 5.91 Å². The number of nitrogens with one attached hydrogen (secondary N) is 1. The second-order valence-corrected chi connectivity index (χ2v) is 6.04. The van der Waals surface area contributed by atoms with Gasteiger partial charge in [-0.25, -0.2) is 0 Å². The fraction of sp³-hybridized carbons (Fsp3) is 0.368. The molecule has 138 valence electrons. The first-order valence-corrected chi connectivity index (χ1v) is 8.63. The van der Waals surface area contributed by atoms with E-state index in [1.54, 1.807) is 23.1 Å². The van der Waals surface area contributed by atoms with Crippen LogP contribution in [0.1, 0.15) is 16.8 Å². The molecule has 3 rings (SSSR count). The fourth-order valence-corrected chi connectivity index (χ4v) is 2.85. The van der Waals surface area contributed by atoms with Crippen molar-refractivity contribution in [3.05, 3.63) is 48.3 Å². The van der Waals surface area contributed by atoms with Crippen molar-refractivity contribution in [1.82, 2.24) is 9.47 Å². The van der Waals surface area contributed by atoms with Gasteiger partial charge in [-0.15, -0.1) is 0 Å². The van der Waals surface area contributed by atoms with Crippen molar-refractivity contribution >= 4 is 17.5 Å². The second kappa shape index (κ2) is 8.53. The summed E-state index contributed by atoms with van der Waals surface area (Å²) in [5, 5.41) is 2.85. The minimum atomic E-state index is -0.132. The molecule has 2 aromatic rings. The number of rotatable bonds is 6. The zero-order valence-electron chi connectivity index (χ0n) is 14.8. The molecule has 1 aliphatic heterocycles. The van der Waals surface area contributed by atoms with Gasteiger partial charge in [0.25, 0.3) is 5.91 Å². The summed E-state index contributed by atoms with van der Waals surface area (Å²) >= 11 is 0. The SMILES string of the molecule is COc1ccc(C(=O)N2CCOCC2)cc1NC(=O)CCn1cccc1. The highest BCUT2D eigenvalue weighted by Gasteiger charge is 2.20. The monoisotopic (exact) mass is 357 g/mol. The summed E-state index contributed by atoms with van der Waals surface area (Å²) in [5.74, 6) is 0.324. The average Bonchev–Trinajstić information content (AvgIpc) is 3.20. The van der Waals surface area contributed by atoms with Crippen LogP contribution in [0.4, 0.5) is 5.69 Å². The van der Waals surface area contributed by atoms with Crippen LogP contribution >= 0.6 is 0 Å². The van der Waals surface area contributed by atoms with Crippen molar-refractivity contribution in [2.24, 2.45) is 0 Å². The quantitative estimate of drug-likeness (QED) is 0.858. The molecule has 1 aromatic carbocycles. The Bertz CT molecular complexity index is 752. The molecule has 1 aromatic heterocycles. The Hall–Kier alpha value is -2.80. The van der Waals surface area contributed by atoms with Gasteiger partial charge in [-0.2, -0.15) is 0 Å². The summed E-state index contributed by atoms with van der Waals surface area (Å²) in [6.07, 6.45) is 4.16. The second-order valence-electron chi connectivity index (χ2n) is 6.04. The zero-order chi connectivity index (χ0) is 18.4. The number of hydrogen-bond acceptors (Lipinski definition) is 4. The summed E-state index contributed by atoms with van der Waals surface area (Å²) < 4.78 is 12.5. The number of aromatic nitrogens is 1. The number of amides is 2. The smallest absolute Gasteiger partial charge is 0.254 e. The molecule has 1 N–H and O–H groups in total. The Morgan fingerprint density at radius 1 is 1.19 bits per heavy atom. The standard InChI is InChI=1S/C19H23N3O4/c1-25-17-5-4-15(19(24)22-10-12-26-13-11-22)14-16(17)20-18(23)6-9-21-7-2-3-8-21/h2-5,7-8,14H,6,9-13H2,1H3,(H,20,23). The molecular weight excluding hydrogens is 334 g/mol. The summed E-state index contributed by atoms with van der Waals surface area (Å²) in [6.45, 7) is 2.83. The molecule has 0 atom stereocenters. The minimum Gasteiger partial charge on any atom is -0.495 e. The van der Waals surface area contributed by atoms with Crippen LogP contribution in [0.2, 0.25) is 0 Å².